The van der Waals surface area contributed by atoms with E-state index >= 15 is 0 Å². The fourth-order valence-electron chi connectivity index (χ4n) is 3.69. The van der Waals surface area contributed by atoms with Crippen LogP contribution in [0.25, 0.3) is 11.1 Å². The fourth-order valence-corrected chi connectivity index (χ4v) is 3.69. The molecule has 0 saturated heterocycles. The third kappa shape index (κ3) is 4.55. The second-order valence-electron chi connectivity index (χ2n) is 8.65. The van der Waals surface area contributed by atoms with Gasteiger partial charge in [-0.05, 0) is 49.9 Å². The van der Waals surface area contributed by atoms with Gasteiger partial charge in [-0.25, -0.2) is 9.59 Å². The topological polar surface area (TPSA) is 93.7 Å². The number of alkyl carbamates (subject to hydrolysis) is 1. The van der Waals surface area contributed by atoms with E-state index in [1.54, 1.807) is 0 Å². The number of nitrogens with one attached hydrogen (secondary N) is 2. The molecule has 0 spiro atoms. The number of carbonyl (C=O) groups is 3. The van der Waals surface area contributed by atoms with Crippen LogP contribution >= 0.6 is 0 Å². The third-order valence-corrected chi connectivity index (χ3v) is 5.45. The minimum absolute atomic E-state index is 0.0756. The molecule has 7 heteroatoms. The van der Waals surface area contributed by atoms with Crippen LogP contribution in [0.4, 0.5) is 4.79 Å². The lowest BCUT2D eigenvalue weighted by molar-refractivity contribution is -0.150. The number of hydrogen-bond donors (Lipinski definition) is 2. The quantitative estimate of drug-likeness (QED) is 0.694. The molecule has 2 aromatic carbocycles. The number of methoxy groups -OCH3 is 1. The summed E-state index contributed by atoms with van der Waals surface area (Å²) in [4.78, 5) is 36.9. The molecule has 0 fully saturated rings. The maximum absolute atomic E-state index is 12.6. The van der Waals surface area contributed by atoms with Gasteiger partial charge in [0.15, 0.2) is 0 Å². The Morgan fingerprint density at radius 3 is 1.87 bits per heavy atom. The molecule has 164 valence electrons. The van der Waals surface area contributed by atoms with Crippen LogP contribution in [-0.2, 0) is 19.1 Å². The van der Waals surface area contributed by atoms with Crippen molar-refractivity contribution in [3.8, 4) is 11.1 Å². The van der Waals surface area contributed by atoms with Gasteiger partial charge in [-0.2, -0.15) is 0 Å². The summed E-state index contributed by atoms with van der Waals surface area (Å²) in [7, 11) is 1.25. The number of ether oxygens (including phenoxy) is 2. The van der Waals surface area contributed by atoms with Crippen molar-refractivity contribution in [1.82, 2.24) is 10.6 Å². The average Bonchev–Trinajstić information content (AvgIpc) is 3.04. The third-order valence-electron chi connectivity index (χ3n) is 5.45. The highest BCUT2D eigenvalue weighted by Gasteiger charge is 2.38. The maximum atomic E-state index is 12.6. The lowest BCUT2D eigenvalue weighted by Crippen LogP contribution is -2.61. The summed E-state index contributed by atoms with van der Waals surface area (Å²) in [5.41, 5.74) is 1.95. The van der Waals surface area contributed by atoms with Gasteiger partial charge in [0, 0.05) is 5.92 Å². The molecule has 0 saturated carbocycles. The first-order chi connectivity index (χ1) is 14.6. The molecule has 0 aliphatic heterocycles. The van der Waals surface area contributed by atoms with Crippen LogP contribution < -0.4 is 10.6 Å². The number of amides is 2. The molecule has 0 heterocycles. The highest BCUT2D eigenvalue weighted by molar-refractivity contribution is 5.93. The second kappa shape index (κ2) is 8.41. The lowest BCUT2D eigenvalue weighted by Gasteiger charge is -2.30. The van der Waals surface area contributed by atoms with Crippen LogP contribution in [0, 0.1) is 0 Å². The number of benzene rings is 2. The van der Waals surface area contributed by atoms with E-state index in [1.165, 1.54) is 34.8 Å². The Kier molecular flexibility index (Phi) is 6.06. The van der Waals surface area contributed by atoms with Gasteiger partial charge in [0.2, 0.25) is 5.91 Å². The number of fused-ring (bicyclic) bond motifs is 3. The van der Waals surface area contributed by atoms with Crippen molar-refractivity contribution >= 4 is 18.0 Å². The molecule has 3 rings (SSSR count). The second-order valence-corrected chi connectivity index (χ2v) is 8.65. The van der Waals surface area contributed by atoms with Crippen LogP contribution in [0.3, 0.4) is 0 Å². The van der Waals surface area contributed by atoms with Crippen molar-refractivity contribution in [3.63, 3.8) is 0 Å². The summed E-state index contributed by atoms with van der Waals surface area (Å²) < 4.78 is 10.2. The molecule has 2 N–H and O–H groups in total. The first kappa shape index (κ1) is 22.3. The maximum Gasteiger partial charge on any atom is 0.408 e. The summed E-state index contributed by atoms with van der Waals surface area (Å²) in [6.07, 6.45) is -0.710. The van der Waals surface area contributed by atoms with Crippen molar-refractivity contribution < 1.29 is 23.9 Å². The number of carbonyl (C=O) groups excluding carboxylic acids is 3. The summed E-state index contributed by atoms with van der Waals surface area (Å²) in [6, 6.07) is 16.1. The van der Waals surface area contributed by atoms with E-state index in [2.05, 4.69) is 22.8 Å². The Labute approximate surface area is 182 Å². The van der Waals surface area contributed by atoms with Gasteiger partial charge in [0.05, 0.1) is 7.11 Å². The lowest BCUT2D eigenvalue weighted by atomic mass is 9.98. The smallest absolute Gasteiger partial charge is 0.408 e. The molecular formula is C24H28N2O5. The minimum atomic E-state index is -1.30. The van der Waals surface area contributed by atoms with Gasteiger partial charge in [-0.15, -0.1) is 0 Å². The van der Waals surface area contributed by atoms with E-state index in [-0.39, 0.29) is 12.5 Å². The normalized spacial score (nSPS) is 13.1. The molecule has 1 aliphatic rings. The van der Waals surface area contributed by atoms with Crippen LogP contribution in [-0.4, -0.2) is 42.8 Å². The molecule has 0 radical (unpaired) electrons. The zero-order valence-corrected chi connectivity index (χ0v) is 18.4. The Balaban J connectivity index is 1.65. The highest BCUT2D eigenvalue weighted by Crippen LogP contribution is 2.44. The average molecular weight is 424 g/mol. The van der Waals surface area contributed by atoms with Crippen molar-refractivity contribution in [2.45, 2.75) is 44.7 Å². The van der Waals surface area contributed by atoms with Crippen LogP contribution in [0.2, 0.25) is 0 Å². The van der Waals surface area contributed by atoms with E-state index < -0.39 is 29.0 Å². The van der Waals surface area contributed by atoms with E-state index in [0.717, 1.165) is 22.3 Å². The Bertz CT molecular complexity index is 967. The van der Waals surface area contributed by atoms with Crippen LogP contribution in [0.1, 0.15) is 44.7 Å². The van der Waals surface area contributed by atoms with Gasteiger partial charge in [0.25, 0.3) is 0 Å². The molecule has 31 heavy (non-hydrogen) atoms. The van der Waals surface area contributed by atoms with Gasteiger partial charge in [0.1, 0.15) is 17.7 Å². The zero-order valence-electron chi connectivity index (χ0n) is 18.4. The molecule has 0 bridgehead atoms. The standard InChI is InChI=1S/C24H28N2O5/c1-23(2,20(27)25-24(3,4)21(28)30-5)26-22(29)31-14-19-17-12-8-6-10-15(17)16-11-7-9-13-18(16)19/h6-13,19H,14H2,1-5H3,(H,25,27)(H,26,29). The van der Waals surface area contributed by atoms with Gasteiger partial charge >= 0.3 is 12.1 Å². The zero-order chi connectivity index (χ0) is 22.8. The van der Waals surface area contributed by atoms with Crippen molar-refractivity contribution in [2.24, 2.45) is 0 Å². The molecular weight excluding hydrogens is 396 g/mol. The van der Waals surface area contributed by atoms with Crippen molar-refractivity contribution in [2.75, 3.05) is 13.7 Å². The summed E-state index contributed by atoms with van der Waals surface area (Å²) in [5, 5.41) is 5.17. The SMILES string of the molecule is COC(=O)C(C)(C)NC(=O)C(C)(C)NC(=O)OCC1c2ccccc2-c2ccccc21. The minimum Gasteiger partial charge on any atom is -0.467 e. The Hall–Kier alpha value is -3.35. The molecule has 1 aliphatic carbocycles. The van der Waals surface area contributed by atoms with E-state index in [0.29, 0.717) is 0 Å². The molecule has 7 nitrogen and oxygen atoms in total. The Morgan fingerprint density at radius 2 is 1.35 bits per heavy atom. The first-order valence-corrected chi connectivity index (χ1v) is 10.1. The van der Waals surface area contributed by atoms with Crippen LogP contribution in [0.15, 0.2) is 48.5 Å². The molecule has 0 aromatic heterocycles. The number of esters is 1. The predicted octanol–water partition coefficient (Wildman–Crippen LogP) is 3.37. The van der Waals surface area contributed by atoms with E-state index in [1.807, 2.05) is 36.4 Å². The fraction of sp³-hybridized carbons (Fsp3) is 0.375. The summed E-state index contributed by atoms with van der Waals surface area (Å²) >= 11 is 0. The van der Waals surface area contributed by atoms with E-state index in [9.17, 15) is 14.4 Å². The molecule has 2 aromatic rings. The highest BCUT2D eigenvalue weighted by atomic mass is 16.5. The monoisotopic (exact) mass is 424 g/mol. The number of rotatable bonds is 6. The molecule has 0 atom stereocenters. The Morgan fingerprint density at radius 1 is 0.839 bits per heavy atom. The van der Waals surface area contributed by atoms with E-state index in [4.69, 9.17) is 9.47 Å². The molecule has 0 unspecified atom stereocenters. The predicted molar refractivity (Wildman–Crippen MR) is 117 cm³/mol. The van der Waals surface area contributed by atoms with Gasteiger partial charge < -0.3 is 20.1 Å². The first-order valence-electron chi connectivity index (χ1n) is 10.1. The van der Waals surface area contributed by atoms with Crippen LogP contribution in [0.5, 0.6) is 0 Å². The summed E-state index contributed by atoms with van der Waals surface area (Å²) in [6.45, 7) is 6.28. The van der Waals surface area contributed by atoms with Crippen molar-refractivity contribution in [1.29, 1.82) is 0 Å². The summed E-state index contributed by atoms with van der Waals surface area (Å²) in [5.74, 6) is -1.19. The van der Waals surface area contributed by atoms with Gasteiger partial charge in [-0.1, -0.05) is 48.5 Å². The van der Waals surface area contributed by atoms with Crippen molar-refractivity contribution in [3.05, 3.63) is 59.7 Å². The van der Waals surface area contributed by atoms with Gasteiger partial charge in [-0.3, -0.25) is 4.79 Å². The molecule has 2 amide bonds. The number of hydrogen-bond acceptors (Lipinski definition) is 5. The largest absolute Gasteiger partial charge is 0.467 e.